The Morgan fingerprint density at radius 2 is 1.50 bits per heavy atom. The van der Waals surface area contributed by atoms with Gasteiger partial charge in [-0.05, 0) is 24.6 Å². The molecule has 1 heterocycles. The van der Waals surface area contributed by atoms with Crippen molar-refractivity contribution in [3.05, 3.63) is 117 Å². The van der Waals surface area contributed by atoms with Crippen LogP contribution in [0.3, 0.4) is 0 Å². The Morgan fingerprint density at radius 3 is 2.06 bits per heavy atom. The number of ketones is 1. The number of Topliss-reactive ketones (excluding diaryl/α,β-unsaturated/α-hetero) is 1. The first-order valence-corrected chi connectivity index (χ1v) is 11.1. The van der Waals surface area contributed by atoms with Crippen LogP contribution in [0.5, 0.6) is 0 Å². The van der Waals surface area contributed by atoms with E-state index in [2.05, 4.69) is 5.10 Å². The Hall–Kier alpha value is -4.92. The zero-order valence-electron chi connectivity index (χ0n) is 19.3. The Balaban J connectivity index is 1.91. The molecule has 0 spiro atoms. The van der Waals surface area contributed by atoms with Crippen LogP contribution in [0.25, 0.3) is 22.4 Å². The molecule has 0 saturated heterocycles. The van der Waals surface area contributed by atoms with Gasteiger partial charge in [0.15, 0.2) is 5.78 Å². The maximum Gasteiger partial charge on any atom is 0.344 e. The van der Waals surface area contributed by atoms with E-state index in [-0.39, 0.29) is 23.4 Å². The first-order chi connectivity index (χ1) is 17.4. The Labute approximate surface area is 205 Å². The predicted molar refractivity (Wildman–Crippen MR) is 133 cm³/mol. The van der Waals surface area contributed by atoms with Crippen molar-refractivity contribution in [2.75, 3.05) is 6.61 Å². The van der Waals surface area contributed by atoms with E-state index in [1.54, 1.807) is 55.5 Å². The molecule has 0 atom stereocenters. The van der Waals surface area contributed by atoms with E-state index in [4.69, 9.17) is 4.74 Å². The SMILES string of the molecule is CCOC(=O)c1c(-c2ccccc2)c(-c2ccccc2)nn(CC(=O)c2ccc([N+](=O)[O-])cc2)c1=O. The normalized spacial score (nSPS) is 10.6. The first kappa shape index (κ1) is 24.2. The zero-order valence-corrected chi connectivity index (χ0v) is 19.3. The van der Waals surface area contributed by atoms with Gasteiger partial charge in [0.25, 0.3) is 11.2 Å². The summed E-state index contributed by atoms with van der Waals surface area (Å²) in [7, 11) is 0. The van der Waals surface area contributed by atoms with Crippen molar-refractivity contribution in [2.24, 2.45) is 0 Å². The number of nitro groups is 1. The second-order valence-electron chi connectivity index (χ2n) is 7.74. The highest BCUT2D eigenvalue weighted by atomic mass is 16.6. The largest absolute Gasteiger partial charge is 0.462 e. The van der Waals surface area contributed by atoms with Crippen LogP contribution in [0.1, 0.15) is 27.6 Å². The second kappa shape index (κ2) is 10.6. The number of carbonyl (C=O) groups is 2. The topological polar surface area (TPSA) is 121 Å². The monoisotopic (exact) mass is 483 g/mol. The summed E-state index contributed by atoms with van der Waals surface area (Å²) >= 11 is 0. The van der Waals surface area contributed by atoms with Gasteiger partial charge in [0.2, 0.25) is 0 Å². The van der Waals surface area contributed by atoms with E-state index >= 15 is 0 Å². The van der Waals surface area contributed by atoms with Crippen molar-refractivity contribution in [1.82, 2.24) is 9.78 Å². The van der Waals surface area contributed by atoms with E-state index in [1.807, 2.05) is 12.1 Å². The molecular formula is C27H21N3O6. The molecule has 0 fully saturated rings. The Bertz CT molecular complexity index is 1480. The van der Waals surface area contributed by atoms with E-state index in [0.29, 0.717) is 22.4 Å². The third kappa shape index (κ3) is 4.95. The molecule has 0 N–H and O–H groups in total. The highest BCUT2D eigenvalue weighted by molar-refractivity contribution is 6.01. The number of hydrogen-bond donors (Lipinski definition) is 0. The van der Waals surface area contributed by atoms with Gasteiger partial charge in [0, 0.05) is 28.8 Å². The average Bonchev–Trinajstić information content (AvgIpc) is 2.90. The molecule has 0 radical (unpaired) electrons. The minimum absolute atomic E-state index is 0.0528. The molecule has 4 aromatic rings. The minimum atomic E-state index is -0.822. The fourth-order valence-corrected chi connectivity index (χ4v) is 3.75. The summed E-state index contributed by atoms with van der Waals surface area (Å²) in [5.41, 5.74) is 0.877. The van der Waals surface area contributed by atoms with E-state index < -0.39 is 28.8 Å². The zero-order chi connectivity index (χ0) is 25.7. The highest BCUT2D eigenvalue weighted by Crippen LogP contribution is 2.32. The lowest BCUT2D eigenvalue weighted by Crippen LogP contribution is -2.33. The minimum Gasteiger partial charge on any atom is -0.462 e. The summed E-state index contributed by atoms with van der Waals surface area (Å²) in [6, 6.07) is 22.9. The van der Waals surface area contributed by atoms with Gasteiger partial charge in [-0.3, -0.25) is 19.7 Å². The molecule has 0 aliphatic carbocycles. The van der Waals surface area contributed by atoms with E-state index in [9.17, 15) is 24.5 Å². The second-order valence-corrected chi connectivity index (χ2v) is 7.74. The van der Waals surface area contributed by atoms with Gasteiger partial charge in [-0.25, -0.2) is 9.48 Å². The van der Waals surface area contributed by atoms with Crippen LogP contribution in [0, 0.1) is 10.1 Å². The number of hydrogen-bond acceptors (Lipinski definition) is 7. The number of non-ortho nitro benzene ring substituents is 1. The first-order valence-electron chi connectivity index (χ1n) is 11.1. The van der Waals surface area contributed by atoms with E-state index in [1.165, 1.54) is 24.3 Å². The van der Waals surface area contributed by atoms with Gasteiger partial charge >= 0.3 is 5.97 Å². The quantitative estimate of drug-likeness (QED) is 0.156. The van der Waals surface area contributed by atoms with E-state index in [0.717, 1.165) is 4.68 Å². The van der Waals surface area contributed by atoms with Gasteiger partial charge in [-0.15, -0.1) is 0 Å². The van der Waals surface area contributed by atoms with Crippen LogP contribution in [-0.2, 0) is 11.3 Å². The van der Waals surface area contributed by atoms with Gasteiger partial charge in [-0.2, -0.15) is 5.10 Å². The van der Waals surface area contributed by atoms with Crippen LogP contribution in [0.2, 0.25) is 0 Å². The summed E-state index contributed by atoms with van der Waals surface area (Å²) in [6.45, 7) is 1.21. The summed E-state index contributed by atoms with van der Waals surface area (Å²) in [5, 5.41) is 15.4. The number of nitrogens with zero attached hydrogens (tertiary/aromatic N) is 3. The number of rotatable bonds is 8. The lowest BCUT2D eigenvalue weighted by Gasteiger charge is -2.16. The predicted octanol–water partition coefficient (Wildman–Crippen LogP) is 4.55. The van der Waals surface area contributed by atoms with Crippen molar-refractivity contribution in [1.29, 1.82) is 0 Å². The summed E-state index contributed by atoms with van der Waals surface area (Å²) in [5.74, 6) is -1.32. The average molecular weight is 483 g/mol. The molecule has 1 aromatic heterocycles. The molecule has 180 valence electrons. The smallest absolute Gasteiger partial charge is 0.344 e. The summed E-state index contributed by atoms with van der Waals surface area (Å²) in [6.07, 6.45) is 0. The molecule has 9 nitrogen and oxygen atoms in total. The third-order valence-electron chi connectivity index (χ3n) is 5.44. The van der Waals surface area contributed by atoms with Crippen molar-refractivity contribution in [2.45, 2.75) is 13.5 Å². The third-order valence-corrected chi connectivity index (χ3v) is 5.44. The molecule has 0 saturated carbocycles. The molecule has 0 aliphatic heterocycles. The number of esters is 1. The van der Waals surface area contributed by atoms with Gasteiger partial charge < -0.3 is 4.74 Å². The molecule has 36 heavy (non-hydrogen) atoms. The van der Waals surface area contributed by atoms with Crippen molar-refractivity contribution >= 4 is 17.4 Å². The number of benzene rings is 3. The number of ether oxygens (including phenoxy) is 1. The van der Waals surface area contributed by atoms with Crippen LogP contribution in [0.4, 0.5) is 5.69 Å². The maximum atomic E-state index is 13.5. The molecule has 0 unspecified atom stereocenters. The fourth-order valence-electron chi connectivity index (χ4n) is 3.75. The van der Waals surface area contributed by atoms with Crippen LogP contribution in [-0.4, -0.2) is 33.1 Å². The molecule has 4 rings (SSSR count). The highest BCUT2D eigenvalue weighted by Gasteiger charge is 2.27. The van der Waals surface area contributed by atoms with Crippen molar-refractivity contribution in [3.63, 3.8) is 0 Å². The lowest BCUT2D eigenvalue weighted by molar-refractivity contribution is -0.384. The van der Waals surface area contributed by atoms with Gasteiger partial charge in [-0.1, -0.05) is 60.7 Å². The molecular weight excluding hydrogens is 462 g/mol. The molecule has 0 bridgehead atoms. The fraction of sp³-hybridized carbons (Fsp3) is 0.111. The number of nitro benzene ring substituents is 1. The van der Waals surface area contributed by atoms with Crippen molar-refractivity contribution < 1.29 is 19.2 Å². The molecule has 9 heteroatoms. The van der Waals surface area contributed by atoms with Gasteiger partial charge in [0.05, 0.1) is 17.2 Å². The van der Waals surface area contributed by atoms with Crippen LogP contribution in [0.15, 0.2) is 89.7 Å². The molecule has 0 aliphatic rings. The lowest BCUT2D eigenvalue weighted by atomic mass is 9.95. The molecule has 3 aromatic carbocycles. The van der Waals surface area contributed by atoms with Crippen molar-refractivity contribution in [3.8, 4) is 22.4 Å². The Morgan fingerprint density at radius 1 is 0.917 bits per heavy atom. The van der Waals surface area contributed by atoms with Crippen LogP contribution < -0.4 is 5.56 Å². The Kier molecular flexibility index (Phi) is 7.10. The summed E-state index contributed by atoms with van der Waals surface area (Å²) in [4.78, 5) is 49.9. The van der Waals surface area contributed by atoms with Gasteiger partial charge in [0.1, 0.15) is 12.1 Å². The number of aromatic nitrogens is 2. The molecule has 0 amide bonds. The summed E-state index contributed by atoms with van der Waals surface area (Å²) < 4.78 is 6.15. The maximum absolute atomic E-state index is 13.5. The number of carbonyl (C=O) groups excluding carboxylic acids is 2. The standard InChI is InChI=1S/C27H21N3O6/c1-2-36-27(33)24-23(19-9-5-3-6-10-19)25(20-11-7-4-8-12-20)28-29(26(24)32)17-22(31)18-13-15-21(16-14-18)30(34)35/h3-16H,2,17H2,1H3. The van der Waals surface area contributed by atoms with Crippen LogP contribution >= 0.6 is 0 Å².